The lowest BCUT2D eigenvalue weighted by Gasteiger charge is -2.14. The fraction of sp³-hybridized carbons (Fsp3) is 0.250. The summed E-state index contributed by atoms with van der Waals surface area (Å²) < 4.78 is 0.664. The van der Waals surface area contributed by atoms with E-state index in [-0.39, 0.29) is 24.3 Å². The Morgan fingerprint density at radius 3 is 2.70 bits per heavy atom. The number of hydrogen-bond donors (Lipinski definition) is 4. The lowest BCUT2D eigenvalue weighted by atomic mass is 10.2. The van der Waals surface area contributed by atoms with Crippen LogP contribution in [0.1, 0.15) is 12.0 Å². The molecule has 0 aliphatic heterocycles. The topological polar surface area (TPSA) is 122 Å². The normalized spacial score (nSPS) is 11.2. The number of carbonyl (C=O) groups excluding carboxylic acids is 1. The predicted octanol–water partition coefficient (Wildman–Crippen LogP) is 1.28. The molecule has 1 aromatic rings. The van der Waals surface area contributed by atoms with Gasteiger partial charge in [0.25, 0.3) is 0 Å². The van der Waals surface area contributed by atoms with E-state index in [1.54, 1.807) is 6.07 Å². The number of aliphatic hydroxyl groups is 1. The van der Waals surface area contributed by atoms with Gasteiger partial charge < -0.3 is 20.8 Å². The molecule has 106 valence electrons. The Balaban J connectivity index is 2.78. The molecule has 2 amide bonds. The Morgan fingerprint density at radius 2 is 2.15 bits per heavy atom. The number of amides is 2. The van der Waals surface area contributed by atoms with Gasteiger partial charge in [-0.15, -0.1) is 0 Å². The molecule has 1 atom stereocenters. The van der Waals surface area contributed by atoms with Crippen LogP contribution in [0.15, 0.2) is 22.7 Å². The summed E-state index contributed by atoms with van der Waals surface area (Å²) in [4.78, 5) is 22.5. The molecule has 0 saturated carbocycles. The van der Waals surface area contributed by atoms with Crippen LogP contribution in [0.4, 0.5) is 10.5 Å². The Hall–Kier alpha value is -2.11. The van der Waals surface area contributed by atoms with Gasteiger partial charge in [-0.3, -0.25) is 0 Å². The number of anilines is 1. The van der Waals surface area contributed by atoms with E-state index in [4.69, 9.17) is 15.5 Å². The summed E-state index contributed by atoms with van der Waals surface area (Å²) in [5, 5.41) is 31.1. The maximum absolute atomic E-state index is 11.7. The molecular weight excluding hydrogens is 330 g/mol. The number of hydrogen-bond acceptors (Lipinski definition) is 4. The number of carbonyl (C=O) groups is 2. The Kier molecular flexibility index (Phi) is 5.96. The number of benzene rings is 1. The number of aliphatic carboxylic acids is 1. The molecule has 0 saturated heterocycles. The molecule has 0 spiro atoms. The van der Waals surface area contributed by atoms with Crippen LogP contribution in [0, 0.1) is 11.3 Å². The lowest BCUT2D eigenvalue weighted by Crippen LogP contribution is -2.43. The van der Waals surface area contributed by atoms with E-state index in [1.165, 1.54) is 12.1 Å². The average molecular weight is 342 g/mol. The fourth-order valence-corrected chi connectivity index (χ4v) is 1.78. The maximum Gasteiger partial charge on any atom is 0.326 e. The van der Waals surface area contributed by atoms with Crippen molar-refractivity contribution in [3.63, 3.8) is 0 Å². The highest BCUT2D eigenvalue weighted by atomic mass is 79.9. The minimum absolute atomic E-state index is 0.105. The number of rotatable bonds is 5. The third-order valence-electron chi connectivity index (χ3n) is 2.37. The van der Waals surface area contributed by atoms with Crippen LogP contribution >= 0.6 is 15.9 Å². The number of urea groups is 1. The number of carboxylic acids is 1. The van der Waals surface area contributed by atoms with Crippen molar-refractivity contribution in [3.8, 4) is 6.07 Å². The van der Waals surface area contributed by atoms with Crippen LogP contribution in [0.25, 0.3) is 0 Å². The van der Waals surface area contributed by atoms with Crippen molar-refractivity contribution in [1.29, 1.82) is 5.26 Å². The molecular formula is C12H12BrN3O4. The molecule has 0 radical (unpaired) electrons. The Bertz CT molecular complexity index is 556. The van der Waals surface area contributed by atoms with Crippen molar-refractivity contribution < 1.29 is 19.8 Å². The van der Waals surface area contributed by atoms with Gasteiger partial charge in [0.2, 0.25) is 0 Å². The standard InChI is InChI=1S/C12H12BrN3O4/c13-8-2-1-7(6-14)10(5-8)16-12(20)15-9(3-4-17)11(18)19/h1-2,5,9,17H,3-4H2,(H,18,19)(H2,15,16,20)/t9-/m1/s1. The molecule has 7 nitrogen and oxygen atoms in total. The van der Waals surface area contributed by atoms with Gasteiger partial charge in [-0.2, -0.15) is 5.26 Å². The van der Waals surface area contributed by atoms with Crippen LogP contribution in [-0.4, -0.2) is 34.9 Å². The number of carboxylic acid groups (broad SMARTS) is 1. The molecule has 0 bridgehead atoms. The summed E-state index contributed by atoms with van der Waals surface area (Å²) in [5.74, 6) is -1.25. The number of nitrogens with one attached hydrogen (secondary N) is 2. The van der Waals surface area contributed by atoms with E-state index in [1.807, 2.05) is 6.07 Å². The molecule has 1 rings (SSSR count). The third-order valence-corrected chi connectivity index (χ3v) is 2.86. The minimum Gasteiger partial charge on any atom is -0.480 e. The highest BCUT2D eigenvalue weighted by molar-refractivity contribution is 9.10. The first kappa shape index (κ1) is 15.9. The molecule has 0 aliphatic carbocycles. The van der Waals surface area contributed by atoms with Crippen molar-refractivity contribution in [3.05, 3.63) is 28.2 Å². The van der Waals surface area contributed by atoms with Gasteiger partial charge >= 0.3 is 12.0 Å². The summed E-state index contributed by atoms with van der Waals surface area (Å²) >= 11 is 3.21. The van der Waals surface area contributed by atoms with Gasteiger partial charge in [0.1, 0.15) is 12.1 Å². The van der Waals surface area contributed by atoms with Crippen molar-refractivity contribution in [2.45, 2.75) is 12.5 Å². The smallest absolute Gasteiger partial charge is 0.326 e. The van der Waals surface area contributed by atoms with E-state index >= 15 is 0 Å². The van der Waals surface area contributed by atoms with Crippen LogP contribution in [0.3, 0.4) is 0 Å². The van der Waals surface area contributed by atoms with E-state index in [0.29, 0.717) is 4.47 Å². The second-order valence-corrected chi connectivity index (χ2v) is 4.72. The molecule has 4 N–H and O–H groups in total. The molecule has 0 heterocycles. The van der Waals surface area contributed by atoms with Crippen LogP contribution in [-0.2, 0) is 4.79 Å². The fourth-order valence-electron chi connectivity index (χ4n) is 1.42. The van der Waals surface area contributed by atoms with Gasteiger partial charge in [-0.05, 0) is 18.2 Å². The molecule has 1 aromatic carbocycles. The van der Waals surface area contributed by atoms with Crippen molar-refractivity contribution in [1.82, 2.24) is 5.32 Å². The van der Waals surface area contributed by atoms with E-state index in [9.17, 15) is 9.59 Å². The number of nitriles is 1. The summed E-state index contributed by atoms with van der Waals surface area (Å²) in [6.45, 7) is -0.364. The molecule has 0 aliphatic rings. The SMILES string of the molecule is N#Cc1ccc(Br)cc1NC(=O)N[C@H](CCO)C(=O)O. The van der Waals surface area contributed by atoms with E-state index in [2.05, 4.69) is 26.6 Å². The van der Waals surface area contributed by atoms with Gasteiger partial charge in [0.05, 0.1) is 11.3 Å². The first-order chi connectivity index (χ1) is 9.47. The predicted molar refractivity (Wildman–Crippen MR) is 74.1 cm³/mol. The molecule has 8 heteroatoms. The second-order valence-electron chi connectivity index (χ2n) is 3.80. The first-order valence-corrected chi connectivity index (χ1v) is 6.38. The summed E-state index contributed by atoms with van der Waals surface area (Å²) in [6.07, 6.45) is -0.105. The first-order valence-electron chi connectivity index (χ1n) is 5.58. The molecule has 0 fully saturated rings. The van der Waals surface area contributed by atoms with Crippen LogP contribution in [0.2, 0.25) is 0 Å². The Labute approximate surface area is 123 Å². The van der Waals surface area contributed by atoms with Gasteiger partial charge in [0, 0.05) is 17.5 Å². The second kappa shape index (κ2) is 7.47. The summed E-state index contributed by atoms with van der Waals surface area (Å²) in [5.41, 5.74) is 0.505. The van der Waals surface area contributed by atoms with Crippen molar-refractivity contribution >= 4 is 33.6 Å². The number of nitrogens with zero attached hydrogens (tertiary/aromatic N) is 1. The zero-order valence-electron chi connectivity index (χ0n) is 10.3. The quantitative estimate of drug-likeness (QED) is 0.642. The molecule has 0 unspecified atom stereocenters. The van der Waals surface area contributed by atoms with Crippen LogP contribution in [0.5, 0.6) is 0 Å². The van der Waals surface area contributed by atoms with E-state index < -0.39 is 18.0 Å². The van der Waals surface area contributed by atoms with Crippen molar-refractivity contribution in [2.75, 3.05) is 11.9 Å². The summed E-state index contributed by atoms with van der Waals surface area (Å²) in [7, 11) is 0. The zero-order valence-corrected chi connectivity index (χ0v) is 11.8. The number of aliphatic hydroxyl groups excluding tert-OH is 1. The largest absolute Gasteiger partial charge is 0.480 e. The van der Waals surface area contributed by atoms with E-state index in [0.717, 1.165) is 0 Å². The zero-order chi connectivity index (χ0) is 15.1. The highest BCUT2D eigenvalue weighted by Gasteiger charge is 2.19. The molecule has 20 heavy (non-hydrogen) atoms. The number of halogens is 1. The van der Waals surface area contributed by atoms with Gasteiger partial charge in [-0.1, -0.05) is 15.9 Å². The molecule has 0 aromatic heterocycles. The van der Waals surface area contributed by atoms with Gasteiger partial charge in [0.15, 0.2) is 0 Å². The van der Waals surface area contributed by atoms with Crippen molar-refractivity contribution in [2.24, 2.45) is 0 Å². The minimum atomic E-state index is -1.25. The average Bonchev–Trinajstić information content (AvgIpc) is 2.38. The maximum atomic E-state index is 11.7. The van der Waals surface area contributed by atoms with Gasteiger partial charge in [-0.25, -0.2) is 9.59 Å². The lowest BCUT2D eigenvalue weighted by molar-refractivity contribution is -0.139. The highest BCUT2D eigenvalue weighted by Crippen LogP contribution is 2.20. The monoisotopic (exact) mass is 341 g/mol. The third kappa shape index (κ3) is 4.53. The Morgan fingerprint density at radius 1 is 1.45 bits per heavy atom. The summed E-state index contributed by atoms with van der Waals surface area (Å²) in [6, 6.07) is 4.64. The van der Waals surface area contributed by atoms with Crippen LogP contribution < -0.4 is 10.6 Å².